The van der Waals surface area contributed by atoms with Gasteiger partial charge in [-0.3, -0.25) is 0 Å². The third-order valence-electron chi connectivity index (χ3n) is 16.9. The van der Waals surface area contributed by atoms with Crippen molar-refractivity contribution >= 4 is 57.2 Å². The van der Waals surface area contributed by atoms with Crippen molar-refractivity contribution in [3.8, 4) is 22.3 Å². The molecule has 0 spiro atoms. The maximum absolute atomic E-state index is 9.21. The normalized spacial score (nSPS) is 20.0. The van der Waals surface area contributed by atoms with Gasteiger partial charge in [0.05, 0.1) is 5.69 Å². The number of aryl methyl sites for hydroxylation is 2. The van der Waals surface area contributed by atoms with Crippen LogP contribution in [0.1, 0.15) is 137 Å². The second kappa shape index (κ2) is 13.2. The van der Waals surface area contributed by atoms with E-state index in [4.69, 9.17) is 0 Å². The van der Waals surface area contributed by atoms with Gasteiger partial charge in [0.25, 0.3) is 6.71 Å². The highest BCUT2D eigenvalue weighted by Crippen LogP contribution is 2.57. The van der Waals surface area contributed by atoms with Crippen LogP contribution in [0.4, 0.5) is 34.1 Å². The van der Waals surface area contributed by atoms with E-state index in [1.54, 1.807) is 0 Å². The summed E-state index contributed by atoms with van der Waals surface area (Å²) in [6.07, 6.45) is 3.26. The van der Waals surface area contributed by atoms with E-state index in [1.807, 2.05) is 12.1 Å². The first-order valence-corrected chi connectivity index (χ1v) is 24.1. The quantitative estimate of drug-likeness (QED) is 0.163. The molecule has 12 rings (SSSR count). The van der Waals surface area contributed by atoms with Gasteiger partial charge in [0.15, 0.2) is 0 Å². The van der Waals surface area contributed by atoms with Gasteiger partial charge in [-0.25, -0.2) is 0 Å². The van der Waals surface area contributed by atoms with Crippen molar-refractivity contribution in [3.63, 3.8) is 0 Å². The van der Waals surface area contributed by atoms with Crippen LogP contribution >= 0.6 is 0 Å². The SMILES string of the molecule is [2H]C([2H])([2H])c1cc2c3c(c1)N(c1cccc4c1-c1ccccc1C4(C)C)c1cc4c(cc1B3c1cc3c(cc1N2c1ccc(-c2ccccc2)cc1C)C(C)(C)CC3(C)C)C(C)(C)CCC4(C)C. The molecule has 0 unspecified atom stereocenters. The first-order chi connectivity index (χ1) is 32.0. The first-order valence-electron chi connectivity index (χ1n) is 25.6. The summed E-state index contributed by atoms with van der Waals surface area (Å²) in [6, 6.07) is 47.5. The number of benzene rings is 7. The maximum atomic E-state index is 9.21. The highest BCUT2D eigenvalue weighted by atomic mass is 15.2. The Morgan fingerprint density at radius 2 is 1.02 bits per heavy atom. The molecule has 2 nitrogen and oxygen atoms in total. The lowest BCUT2D eigenvalue weighted by Gasteiger charge is -2.48. The predicted molar refractivity (Wildman–Crippen MR) is 279 cm³/mol. The monoisotopic (exact) mass is 850 g/mol. The topological polar surface area (TPSA) is 6.48 Å². The molecular weight excluding hydrogens is 784 g/mol. The van der Waals surface area contributed by atoms with Gasteiger partial charge < -0.3 is 9.80 Å². The summed E-state index contributed by atoms with van der Waals surface area (Å²) in [6.45, 7) is 23.8. The molecule has 0 fully saturated rings. The Hall–Kier alpha value is -5.80. The molecule has 0 aromatic heterocycles. The smallest absolute Gasteiger partial charge is 0.252 e. The second-order valence-electron chi connectivity index (χ2n) is 23.4. The molecule has 3 aliphatic carbocycles. The van der Waals surface area contributed by atoms with Crippen LogP contribution < -0.4 is 26.2 Å². The van der Waals surface area contributed by atoms with Crippen LogP contribution in [-0.2, 0) is 27.1 Å². The summed E-state index contributed by atoms with van der Waals surface area (Å²) in [4.78, 5) is 4.96. The van der Waals surface area contributed by atoms with Crippen LogP contribution in [0.2, 0.25) is 0 Å². The van der Waals surface area contributed by atoms with Gasteiger partial charge in [0, 0.05) is 43.5 Å². The zero-order valence-electron chi connectivity index (χ0n) is 43.2. The summed E-state index contributed by atoms with van der Waals surface area (Å²) in [5, 5.41) is 0. The van der Waals surface area contributed by atoms with E-state index in [1.165, 1.54) is 61.0 Å². The second-order valence-corrected chi connectivity index (χ2v) is 23.4. The van der Waals surface area contributed by atoms with E-state index in [0.29, 0.717) is 5.56 Å². The van der Waals surface area contributed by atoms with Gasteiger partial charge in [-0.1, -0.05) is 154 Å². The van der Waals surface area contributed by atoms with E-state index in [-0.39, 0.29) is 33.8 Å². The molecule has 0 saturated carbocycles. The molecule has 2 aliphatic heterocycles. The summed E-state index contributed by atoms with van der Waals surface area (Å²) >= 11 is 0. The van der Waals surface area contributed by atoms with Crippen LogP contribution in [-0.4, -0.2) is 6.71 Å². The van der Waals surface area contributed by atoms with Crippen molar-refractivity contribution in [3.05, 3.63) is 172 Å². The van der Waals surface area contributed by atoms with Crippen LogP contribution in [0, 0.1) is 13.8 Å². The Labute approximate surface area is 393 Å². The van der Waals surface area contributed by atoms with E-state index in [9.17, 15) is 4.11 Å². The maximum Gasteiger partial charge on any atom is 0.252 e. The summed E-state index contributed by atoms with van der Waals surface area (Å²) in [7, 11) is 0. The number of hydrogen-bond acceptors (Lipinski definition) is 2. The fraction of sp³-hybridized carbons (Fsp3) is 0.323. The molecule has 0 radical (unpaired) electrons. The molecule has 324 valence electrons. The van der Waals surface area contributed by atoms with Crippen LogP contribution in [0.25, 0.3) is 22.3 Å². The minimum absolute atomic E-state index is 0.0268. The zero-order chi connectivity index (χ0) is 47.8. The van der Waals surface area contributed by atoms with Gasteiger partial charge in [-0.2, -0.15) is 0 Å². The fourth-order valence-corrected chi connectivity index (χ4v) is 13.7. The summed E-state index contributed by atoms with van der Waals surface area (Å²) < 4.78 is 27.6. The van der Waals surface area contributed by atoms with Crippen molar-refractivity contribution in [2.24, 2.45) is 0 Å². The molecule has 0 N–H and O–H groups in total. The molecule has 0 saturated heterocycles. The average molecular weight is 850 g/mol. The molecular formula is C62H63BN2. The Kier molecular flexibility index (Phi) is 7.59. The van der Waals surface area contributed by atoms with Gasteiger partial charge in [0.1, 0.15) is 0 Å². The Balaban J connectivity index is 1.24. The molecule has 0 atom stereocenters. The van der Waals surface area contributed by atoms with Crippen LogP contribution in [0.15, 0.2) is 127 Å². The molecule has 0 amide bonds. The van der Waals surface area contributed by atoms with Crippen molar-refractivity contribution in [1.82, 2.24) is 0 Å². The number of anilines is 6. The van der Waals surface area contributed by atoms with E-state index in [0.717, 1.165) is 70.0 Å². The molecule has 5 aliphatic rings. The average Bonchev–Trinajstić information content (AvgIpc) is 3.63. The van der Waals surface area contributed by atoms with Gasteiger partial charge in [-0.15, -0.1) is 0 Å². The van der Waals surface area contributed by atoms with Gasteiger partial charge >= 0.3 is 0 Å². The number of nitrogens with zero attached hydrogens (tertiary/aromatic N) is 2. The lowest BCUT2D eigenvalue weighted by Crippen LogP contribution is -2.62. The Bertz CT molecular complexity index is 3320. The summed E-state index contributed by atoms with van der Waals surface area (Å²) in [5.74, 6) is 0. The molecule has 2 heterocycles. The number of rotatable bonds is 3. The molecule has 7 aromatic carbocycles. The van der Waals surface area contributed by atoms with E-state index < -0.39 is 6.85 Å². The third kappa shape index (κ3) is 5.60. The third-order valence-corrected chi connectivity index (χ3v) is 16.9. The van der Waals surface area contributed by atoms with Gasteiger partial charge in [-0.05, 0) is 175 Å². The van der Waals surface area contributed by atoms with E-state index >= 15 is 0 Å². The highest BCUT2D eigenvalue weighted by Gasteiger charge is 2.50. The van der Waals surface area contributed by atoms with Crippen molar-refractivity contribution in [2.75, 3.05) is 9.80 Å². The minimum Gasteiger partial charge on any atom is -0.311 e. The fourth-order valence-electron chi connectivity index (χ4n) is 13.7. The van der Waals surface area contributed by atoms with Gasteiger partial charge in [0.2, 0.25) is 0 Å². The minimum atomic E-state index is -2.37. The molecule has 7 aromatic rings. The largest absolute Gasteiger partial charge is 0.311 e. The molecule has 0 bridgehead atoms. The lowest BCUT2D eigenvalue weighted by atomic mass is 9.32. The predicted octanol–water partition coefficient (Wildman–Crippen LogP) is 14.7. The van der Waals surface area contributed by atoms with Crippen molar-refractivity contribution in [2.45, 2.75) is 129 Å². The highest BCUT2D eigenvalue weighted by molar-refractivity contribution is 7.00. The molecule has 3 heteroatoms. The van der Waals surface area contributed by atoms with E-state index in [2.05, 4.69) is 201 Å². The molecule has 65 heavy (non-hydrogen) atoms. The Morgan fingerprint density at radius 3 is 1.65 bits per heavy atom. The zero-order valence-corrected chi connectivity index (χ0v) is 40.2. The number of fused-ring (bicyclic) bond motifs is 9. The van der Waals surface area contributed by atoms with Crippen molar-refractivity contribution < 1.29 is 4.11 Å². The summed E-state index contributed by atoms with van der Waals surface area (Å²) in [5.41, 5.74) is 24.2. The van der Waals surface area contributed by atoms with Crippen molar-refractivity contribution in [1.29, 1.82) is 0 Å². The van der Waals surface area contributed by atoms with Crippen LogP contribution in [0.3, 0.4) is 0 Å². The Morgan fingerprint density at radius 1 is 0.462 bits per heavy atom. The lowest BCUT2D eigenvalue weighted by molar-refractivity contribution is 0.332. The standard InChI is InChI=1S/C62H63BN2/c1-37-29-54-57-55(30-37)65(51-24-18-23-43-56(51)41-21-16-17-22-42(41)62(43,11)12)53-34-46-44(58(3,4)27-28-59(46,5)6)32-48(53)63(57)49-33-45-47(61(9,10)36-60(45,7)8)35-52(49)64(54)50-26-25-40(31-38(50)2)39-19-14-13-15-20-39/h13-26,29-35H,27-28,36H2,1-12H3/i1D3. The first kappa shape index (κ1) is 37.4. The number of hydrogen-bond donors (Lipinski definition) is 0. The van der Waals surface area contributed by atoms with Crippen LogP contribution in [0.5, 0.6) is 0 Å².